The number of hydrogen-bond donors (Lipinski definition) is 1. The van der Waals surface area contributed by atoms with Crippen LogP contribution in [0.2, 0.25) is 0 Å². The topological polar surface area (TPSA) is 68.7 Å². The highest BCUT2D eigenvalue weighted by Crippen LogP contribution is 2.31. The summed E-state index contributed by atoms with van der Waals surface area (Å²) in [4.78, 5) is 14.3. The number of carbonyl (C=O) groups is 1. The van der Waals surface area contributed by atoms with Crippen LogP contribution in [0.5, 0.6) is 0 Å². The largest absolute Gasteiger partial charge is 0.459 e. The summed E-state index contributed by atoms with van der Waals surface area (Å²) in [6, 6.07) is 8.18. The number of halogens is 3. The summed E-state index contributed by atoms with van der Waals surface area (Å²) in [6.45, 7) is 3.02. The lowest BCUT2D eigenvalue weighted by Gasteiger charge is -2.23. The molecular weight excluding hydrogens is 373 g/mol. The van der Waals surface area contributed by atoms with Crippen LogP contribution in [0.25, 0.3) is 11.3 Å². The molecule has 0 spiro atoms. The Bertz CT molecular complexity index is 802. The molecule has 0 aliphatic carbocycles. The highest BCUT2D eigenvalue weighted by atomic mass is 19.4. The molecule has 1 saturated heterocycles. The molecule has 2 N–H and O–H groups in total. The molecule has 28 heavy (non-hydrogen) atoms. The fraction of sp³-hybridized carbons (Fsp3) is 0.450. The molecule has 2 atom stereocenters. The van der Waals surface area contributed by atoms with Crippen molar-refractivity contribution in [2.75, 3.05) is 13.1 Å². The predicted octanol–water partition coefficient (Wildman–Crippen LogP) is 3.82. The van der Waals surface area contributed by atoms with E-state index in [1.54, 1.807) is 17.0 Å². The average Bonchev–Trinajstić information content (AvgIpc) is 3.34. The molecule has 0 saturated carbocycles. The van der Waals surface area contributed by atoms with Crippen molar-refractivity contribution in [1.29, 1.82) is 0 Å². The lowest BCUT2D eigenvalue weighted by Crippen LogP contribution is -2.39. The Kier molecular flexibility index (Phi) is 6.10. The molecular formula is C20H23F3N2O3. The van der Waals surface area contributed by atoms with Crippen LogP contribution in [0.15, 0.2) is 40.8 Å². The summed E-state index contributed by atoms with van der Waals surface area (Å²) in [5.41, 5.74) is 5.42. The van der Waals surface area contributed by atoms with Crippen LogP contribution in [-0.4, -0.2) is 36.1 Å². The molecule has 1 aliphatic heterocycles. The van der Waals surface area contributed by atoms with Crippen molar-refractivity contribution >= 4 is 5.91 Å². The van der Waals surface area contributed by atoms with Crippen molar-refractivity contribution in [3.63, 3.8) is 0 Å². The minimum absolute atomic E-state index is 0.0810. The van der Waals surface area contributed by atoms with Crippen molar-refractivity contribution in [3.05, 3.63) is 47.7 Å². The third kappa shape index (κ3) is 4.56. The van der Waals surface area contributed by atoms with E-state index in [2.05, 4.69) is 0 Å². The zero-order valence-corrected chi connectivity index (χ0v) is 15.5. The number of nitrogens with two attached hydrogens (primary N) is 1. The van der Waals surface area contributed by atoms with Gasteiger partial charge in [0.15, 0.2) is 0 Å². The van der Waals surface area contributed by atoms with Gasteiger partial charge in [-0.3, -0.25) is 4.79 Å². The first-order chi connectivity index (χ1) is 13.3. The van der Waals surface area contributed by atoms with E-state index in [0.717, 1.165) is 18.6 Å². The van der Waals surface area contributed by atoms with E-state index in [-0.39, 0.29) is 18.6 Å². The number of benzene rings is 1. The van der Waals surface area contributed by atoms with Crippen molar-refractivity contribution in [2.24, 2.45) is 5.73 Å². The molecule has 152 valence electrons. The molecule has 8 heteroatoms. The first kappa shape index (κ1) is 20.4. The summed E-state index contributed by atoms with van der Waals surface area (Å²) in [5.74, 6) is 0.900. The zero-order valence-electron chi connectivity index (χ0n) is 15.5. The van der Waals surface area contributed by atoms with Gasteiger partial charge in [-0.2, -0.15) is 13.2 Å². The quantitative estimate of drug-likeness (QED) is 0.806. The van der Waals surface area contributed by atoms with Crippen LogP contribution >= 0.6 is 0 Å². The number of furan rings is 1. The molecule has 0 unspecified atom stereocenters. The highest BCUT2D eigenvalue weighted by molar-refractivity contribution is 5.81. The van der Waals surface area contributed by atoms with E-state index in [4.69, 9.17) is 14.9 Å². The standard InChI is InChI=1S/C20H23F3N2O3/c1-2-25(19(26)18-10-7-15(11-24)27-18)12-16-8-9-17(28-16)13-3-5-14(6-4-13)20(21,22)23/h3-6,8-9,15,18H,2,7,10-12,24H2,1H3/t15-,18+/m1/s1. The maximum Gasteiger partial charge on any atom is 0.416 e. The number of rotatable bonds is 6. The number of hydrogen-bond acceptors (Lipinski definition) is 4. The number of likely N-dealkylation sites (N-methyl/N-ethyl adjacent to an activating group) is 1. The third-order valence-electron chi connectivity index (χ3n) is 4.84. The van der Waals surface area contributed by atoms with E-state index in [0.29, 0.717) is 36.6 Å². The monoisotopic (exact) mass is 396 g/mol. The molecule has 1 amide bonds. The van der Waals surface area contributed by atoms with Gasteiger partial charge in [0.2, 0.25) is 0 Å². The van der Waals surface area contributed by atoms with Gasteiger partial charge in [-0.05, 0) is 44.0 Å². The van der Waals surface area contributed by atoms with Gasteiger partial charge in [-0.15, -0.1) is 0 Å². The minimum Gasteiger partial charge on any atom is -0.459 e. The van der Waals surface area contributed by atoms with Crippen molar-refractivity contribution in [3.8, 4) is 11.3 Å². The number of amides is 1. The fourth-order valence-electron chi connectivity index (χ4n) is 3.24. The van der Waals surface area contributed by atoms with E-state index < -0.39 is 17.8 Å². The third-order valence-corrected chi connectivity index (χ3v) is 4.84. The molecule has 1 fully saturated rings. The Morgan fingerprint density at radius 1 is 1.18 bits per heavy atom. The fourth-order valence-corrected chi connectivity index (χ4v) is 3.24. The van der Waals surface area contributed by atoms with Gasteiger partial charge in [0, 0.05) is 18.7 Å². The second kappa shape index (κ2) is 8.36. The first-order valence-corrected chi connectivity index (χ1v) is 9.22. The number of ether oxygens (including phenoxy) is 1. The van der Waals surface area contributed by atoms with Gasteiger partial charge in [0.25, 0.3) is 5.91 Å². The van der Waals surface area contributed by atoms with Crippen LogP contribution < -0.4 is 5.73 Å². The maximum atomic E-state index is 12.7. The zero-order chi connectivity index (χ0) is 20.3. The molecule has 0 bridgehead atoms. The summed E-state index contributed by atoms with van der Waals surface area (Å²) < 4.78 is 49.5. The Labute approximate surface area is 161 Å². The molecule has 1 aromatic carbocycles. The molecule has 2 heterocycles. The van der Waals surface area contributed by atoms with Gasteiger partial charge in [-0.25, -0.2) is 0 Å². The summed E-state index contributed by atoms with van der Waals surface area (Å²) >= 11 is 0. The van der Waals surface area contributed by atoms with Crippen molar-refractivity contribution in [1.82, 2.24) is 4.90 Å². The second-order valence-electron chi connectivity index (χ2n) is 6.75. The van der Waals surface area contributed by atoms with Gasteiger partial charge in [0.1, 0.15) is 17.6 Å². The summed E-state index contributed by atoms with van der Waals surface area (Å²) in [6.07, 6.45) is -3.53. The van der Waals surface area contributed by atoms with Crippen molar-refractivity contribution < 1.29 is 27.1 Å². The van der Waals surface area contributed by atoms with E-state index in [1.165, 1.54) is 12.1 Å². The van der Waals surface area contributed by atoms with Crippen LogP contribution in [-0.2, 0) is 22.3 Å². The molecule has 0 radical (unpaired) electrons. The number of nitrogens with zero attached hydrogens (tertiary/aromatic N) is 1. The molecule has 3 rings (SSSR count). The van der Waals surface area contributed by atoms with Gasteiger partial charge >= 0.3 is 6.18 Å². The SMILES string of the molecule is CCN(Cc1ccc(-c2ccc(C(F)(F)F)cc2)o1)C(=O)[C@@H]1CC[C@H](CN)O1. The smallest absolute Gasteiger partial charge is 0.416 e. The Morgan fingerprint density at radius 3 is 2.46 bits per heavy atom. The van der Waals surface area contributed by atoms with Gasteiger partial charge in [-0.1, -0.05) is 12.1 Å². The lowest BCUT2D eigenvalue weighted by molar-refractivity contribution is -0.143. The Balaban J connectivity index is 1.67. The van der Waals surface area contributed by atoms with E-state index >= 15 is 0 Å². The summed E-state index contributed by atoms with van der Waals surface area (Å²) in [7, 11) is 0. The Morgan fingerprint density at radius 2 is 1.89 bits per heavy atom. The molecule has 5 nitrogen and oxygen atoms in total. The highest BCUT2D eigenvalue weighted by Gasteiger charge is 2.33. The van der Waals surface area contributed by atoms with Gasteiger partial charge in [0.05, 0.1) is 18.2 Å². The lowest BCUT2D eigenvalue weighted by atomic mass is 10.1. The summed E-state index contributed by atoms with van der Waals surface area (Å²) in [5, 5.41) is 0. The average molecular weight is 396 g/mol. The van der Waals surface area contributed by atoms with E-state index in [9.17, 15) is 18.0 Å². The van der Waals surface area contributed by atoms with Crippen LogP contribution in [0.4, 0.5) is 13.2 Å². The van der Waals surface area contributed by atoms with E-state index in [1.807, 2.05) is 6.92 Å². The molecule has 2 aromatic rings. The predicted molar refractivity (Wildman–Crippen MR) is 97.2 cm³/mol. The van der Waals surface area contributed by atoms with Crippen LogP contribution in [0.1, 0.15) is 31.1 Å². The normalized spacial score (nSPS) is 19.8. The Hall–Kier alpha value is -2.32. The molecule has 1 aliphatic rings. The van der Waals surface area contributed by atoms with Crippen LogP contribution in [0.3, 0.4) is 0 Å². The van der Waals surface area contributed by atoms with Crippen molar-refractivity contribution in [2.45, 2.75) is 44.7 Å². The second-order valence-corrected chi connectivity index (χ2v) is 6.75. The number of carbonyl (C=O) groups excluding carboxylic acids is 1. The maximum absolute atomic E-state index is 12.7. The van der Waals surface area contributed by atoms with Gasteiger partial charge < -0.3 is 19.8 Å². The van der Waals surface area contributed by atoms with Crippen LogP contribution in [0, 0.1) is 0 Å². The molecule has 1 aromatic heterocycles. The first-order valence-electron chi connectivity index (χ1n) is 9.22. The number of alkyl halides is 3. The minimum atomic E-state index is -4.37.